The summed E-state index contributed by atoms with van der Waals surface area (Å²) in [6.45, 7) is 6.76. The van der Waals surface area contributed by atoms with Crippen LogP contribution in [0.25, 0.3) is 0 Å². The maximum Gasteiger partial charge on any atom is 0.309 e. The fourth-order valence-corrected chi connectivity index (χ4v) is 1.95. The number of hydrogen-bond donors (Lipinski definition) is 0. The molecule has 2 heteroatoms. The van der Waals surface area contributed by atoms with Crippen LogP contribution in [0.15, 0.2) is 11.6 Å². The molecule has 0 heterocycles. The summed E-state index contributed by atoms with van der Waals surface area (Å²) in [5.41, 5.74) is 1.28. The topological polar surface area (TPSA) is 26.3 Å². The van der Waals surface area contributed by atoms with E-state index in [0.29, 0.717) is 13.0 Å². The molecule has 0 atom stereocenters. The summed E-state index contributed by atoms with van der Waals surface area (Å²) in [7, 11) is 0. The van der Waals surface area contributed by atoms with Gasteiger partial charge in [0, 0.05) is 0 Å². The van der Waals surface area contributed by atoms with Crippen molar-refractivity contribution in [1.29, 1.82) is 0 Å². The fourth-order valence-electron chi connectivity index (χ4n) is 1.95. The lowest BCUT2D eigenvalue weighted by molar-refractivity contribution is -0.142. The van der Waals surface area contributed by atoms with Crippen molar-refractivity contribution in [3.8, 4) is 0 Å². The van der Waals surface area contributed by atoms with E-state index in [4.69, 9.17) is 4.74 Å². The maximum atomic E-state index is 11.5. The Morgan fingerprint density at radius 2 is 1.72 bits per heavy atom. The molecule has 18 heavy (non-hydrogen) atoms. The second kappa shape index (κ2) is 12.7. The van der Waals surface area contributed by atoms with Crippen LogP contribution in [0.2, 0.25) is 0 Å². The molecule has 0 rings (SSSR count). The first-order chi connectivity index (χ1) is 8.74. The summed E-state index contributed by atoms with van der Waals surface area (Å²) in [6, 6.07) is 0. The van der Waals surface area contributed by atoms with Crippen molar-refractivity contribution in [2.75, 3.05) is 6.61 Å². The van der Waals surface area contributed by atoms with Crippen LogP contribution in [-0.4, -0.2) is 12.6 Å². The number of carbonyl (C=O) groups is 1. The standard InChI is InChI=1S/C16H30O2/c1-4-7-9-11-13-15(12-10-8-5-2)14-16(17)18-6-3/h12H,4-11,13-14H2,1-3H3/b15-12-. The third-order valence-corrected chi connectivity index (χ3v) is 3.02. The molecular weight excluding hydrogens is 224 g/mol. The number of esters is 1. The highest BCUT2D eigenvalue weighted by molar-refractivity contribution is 5.72. The lowest BCUT2D eigenvalue weighted by Crippen LogP contribution is -2.05. The number of ether oxygens (including phenoxy) is 1. The van der Waals surface area contributed by atoms with Gasteiger partial charge in [-0.15, -0.1) is 0 Å². The highest BCUT2D eigenvalue weighted by atomic mass is 16.5. The second-order valence-electron chi connectivity index (χ2n) is 4.80. The zero-order chi connectivity index (χ0) is 13.6. The molecule has 0 saturated heterocycles. The summed E-state index contributed by atoms with van der Waals surface area (Å²) in [6.07, 6.45) is 12.3. The van der Waals surface area contributed by atoms with Gasteiger partial charge < -0.3 is 4.74 Å². The zero-order valence-electron chi connectivity index (χ0n) is 12.5. The van der Waals surface area contributed by atoms with Crippen molar-refractivity contribution in [3.05, 3.63) is 11.6 Å². The van der Waals surface area contributed by atoms with Crippen molar-refractivity contribution in [3.63, 3.8) is 0 Å². The van der Waals surface area contributed by atoms with Gasteiger partial charge in [0.05, 0.1) is 13.0 Å². The van der Waals surface area contributed by atoms with E-state index < -0.39 is 0 Å². The Bertz CT molecular complexity index is 231. The number of allylic oxidation sites excluding steroid dienone is 1. The van der Waals surface area contributed by atoms with Crippen molar-refractivity contribution in [2.24, 2.45) is 0 Å². The van der Waals surface area contributed by atoms with Gasteiger partial charge in [0.2, 0.25) is 0 Å². The summed E-state index contributed by atoms with van der Waals surface area (Å²) in [5, 5.41) is 0. The minimum atomic E-state index is -0.0734. The third kappa shape index (κ3) is 10.4. The molecular formula is C16H30O2. The molecule has 0 unspecified atom stereocenters. The monoisotopic (exact) mass is 254 g/mol. The predicted molar refractivity (Wildman–Crippen MR) is 77.6 cm³/mol. The molecule has 0 saturated carbocycles. The molecule has 0 aromatic heterocycles. The Hall–Kier alpha value is -0.790. The third-order valence-electron chi connectivity index (χ3n) is 3.02. The highest BCUT2D eigenvalue weighted by Gasteiger charge is 2.06. The second-order valence-corrected chi connectivity index (χ2v) is 4.80. The normalized spacial score (nSPS) is 11.6. The van der Waals surface area contributed by atoms with Crippen molar-refractivity contribution in [2.45, 2.75) is 78.6 Å². The molecule has 106 valence electrons. The van der Waals surface area contributed by atoms with Crippen LogP contribution >= 0.6 is 0 Å². The van der Waals surface area contributed by atoms with E-state index in [-0.39, 0.29) is 5.97 Å². The number of unbranched alkanes of at least 4 members (excludes halogenated alkanes) is 5. The Morgan fingerprint density at radius 3 is 2.33 bits per heavy atom. The van der Waals surface area contributed by atoms with Gasteiger partial charge >= 0.3 is 5.97 Å². The predicted octanol–water partition coefficient (Wildman–Crippen LogP) is 5.03. The van der Waals surface area contributed by atoms with Crippen LogP contribution in [0.5, 0.6) is 0 Å². The van der Waals surface area contributed by atoms with Crippen LogP contribution in [0, 0.1) is 0 Å². The maximum absolute atomic E-state index is 11.5. The van der Waals surface area contributed by atoms with Gasteiger partial charge in [0.1, 0.15) is 0 Å². The molecule has 0 fully saturated rings. The van der Waals surface area contributed by atoms with E-state index in [0.717, 1.165) is 12.8 Å². The smallest absolute Gasteiger partial charge is 0.309 e. The lowest BCUT2D eigenvalue weighted by Gasteiger charge is -2.07. The first kappa shape index (κ1) is 17.2. The summed E-state index contributed by atoms with van der Waals surface area (Å²) in [4.78, 5) is 11.5. The van der Waals surface area contributed by atoms with Gasteiger partial charge in [-0.1, -0.05) is 57.6 Å². The molecule has 0 aliphatic heterocycles. The van der Waals surface area contributed by atoms with Crippen LogP contribution < -0.4 is 0 Å². The lowest BCUT2D eigenvalue weighted by atomic mass is 10.0. The molecule has 0 N–H and O–H groups in total. The Labute approximate surface area is 113 Å². The van der Waals surface area contributed by atoms with Gasteiger partial charge in [-0.05, 0) is 26.2 Å². The van der Waals surface area contributed by atoms with Crippen molar-refractivity contribution in [1.82, 2.24) is 0 Å². The quantitative estimate of drug-likeness (QED) is 0.294. The van der Waals surface area contributed by atoms with Gasteiger partial charge in [0.15, 0.2) is 0 Å². The largest absolute Gasteiger partial charge is 0.466 e. The number of hydrogen-bond acceptors (Lipinski definition) is 2. The van der Waals surface area contributed by atoms with Crippen LogP contribution in [0.1, 0.15) is 78.6 Å². The Balaban J connectivity index is 4.06. The summed E-state index contributed by atoms with van der Waals surface area (Å²) < 4.78 is 5.03. The molecule has 0 aromatic carbocycles. The number of carbonyl (C=O) groups excluding carboxylic acids is 1. The molecule has 0 bridgehead atoms. The van der Waals surface area contributed by atoms with Gasteiger partial charge in [-0.25, -0.2) is 0 Å². The highest BCUT2D eigenvalue weighted by Crippen LogP contribution is 2.16. The molecule has 0 aromatic rings. The molecule has 0 spiro atoms. The molecule has 0 radical (unpaired) electrons. The average Bonchev–Trinajstić information content (AvgIpc) is 2.35. The van der Waals surface area contributed by atoms with Crippen LogP contribution in [-0.2, 0) is 9.53 Å². The summed E-state index contributed by atoms with van der Waals surface area (Å²) >= 11 is 0. The SMILES string of the molecule is CCCC/C=C(/CCCCCC)CC(=O)OCC. The van der Waals surface area contributed by atoms with Crippen LogP contribution in [0.4, 0.5) is 0 Å². The van der Waals surface area contributed by atoms with E-state index in [9.17, 15) is 4.79 Å². The summed E-state index contributed by atoms with van der Waals surface area (Å²) in [5.74, 6) is -0.0734. The van der Waals surface area contributed by atoms with E-state index in [1.807, 2.05) is 6.92 Å². The van der Waals surface area contributed by atoms with Crippen molar-refractivity contribution >= 4 is 5.97 Å². The minimum absolute atomic E-state index is 0.0734. The van der Waals surface area contributed by atoms with Crippen LogP contribution in [0.3, 0.4) is 0 Å². The average molecular weight is 254 g/mol. The van der Waals surface area contributed by atoms with E-state index in [1.54, 1.807) is 0 Å². The zero-order valence-corrected chi connectivity index (χ0v) is 12.5. The minimum Gasteiger partial charge on any atom is -0.466 e. The van der Waals surface area contributed by atoms with Crippen molar-refractivity contribution < 1.29 is 9.53 Å². The number of rotatable bonds is 11. The van der Waals surface area contributed by atoms with E-state index in [2.05, 4.69) is 19.9 Å². The Morgan fingerprint density at radius 1 is 1.00 bits per heavy atom. The van der Waals surface area contributed by atoms with Gasteiger partial charge in [-0.3, -0.25) is 4.79 Å². The van der Waals surface area contributed by atoms with Gasteiger partial charge in [-0.2, -0.15) is 0 Å². The van der Waals surface area contributed by atoms with E-state index in [1.165, 1.54) is 44.1 Å². The first-order valence-corrected chi connectivity index (χ1v) is 7.58. The molecule has 2 nitrogen and oxygen atoms in total. The Kier molecular flexibility index (Phi) is 12.1. The van der Waals surface area contributed by atoms with Gasteiger partial charge in [0.25, 0.3) is 0 Å². The fraction of sp³-hybridized carbons (Fsp3) is 0.812. The van der Waals surface area contributed by atoms with E-state index >= 15 is 0 Å². The molecule has 0 aliphatic carbocycles. The molecule has 0 aliphatic rings. The molecule has 0 amide bonds. The first-order valence-electron chi connectivity index (χ1n) is 7.58.